The van der Waals surface area contributed by atoms with Gasteiger partial charge in [-0.15, -0.1) is 11.8 Å². The average Bonchev–Trinajstić information content (AvgIpc) is 3.22. The topological polar surface area (TPSA) is 70.9 Å². The van der Waals surface area contributed by atoms with Gasteiger partial charge < -0.3 is 9.72 Å². The van der Waals surface area contributed by atoms with Gasteiger partial charge >= 0.3 is 0 Å². The van der Waals surface area contributed by atoms with Gasteiger partial charge in [0.05, 0.1) is 34.7 Å². The third-order valence-electron chi connectivity index (χ3n) is 4.10. The monoisotopic (exact) mass is 342 g/mol. The van der Waals surface area contributed by atoms with Crippen molar-refractivity contribution in [3.63, 3.8) is 0 Å². The third kappa shape index (κ3) is 2.06. The summed E-state index contributed by atoms with van der Waals surface area (Å²) in [5.74, 6) is 0.515. The van der Waals surface area contributed by atoms with Crippen molar-refractivity contribution in [1.82, 2.24) is 24.6 Å². The van der Waals surface area contributed by atoms with Gasteiger partial charge in [-0.1, -0.05) is 0 Å². The van der Waals surface area contributed by atoms with Gasteiger partial charge in [0, 0.05) is 24.2 Å². The minimum Gasteiger partial charge on any atom is -0.372 e. The average molecular weight is 342 g/mol. The molecule has 0 radical (unpaired) electrons. The highest BCUT2D eigenvalue weighted by molar-refractivity contribution is 7.98. The number of hydrogen-bond donors (Lipinski definition) is 2. The van der Waals surface area contributed by atoms with E-state index in [0.29, 0.717) is 21.7 Å². The number of aromatic nitrogens is 5. The second-order valence-corrected chi connectivity index (χ2v) is 6.24. The Morgan fingerprint density at radius 2 is 2.12 bits per heavy atom. The molecular formula is C16H15FN6S. The van der Waals surface area contributed by atoms with Gasteiger partial charge in [0.1, 0.15) is 11.6 Å². The third-order valence-corrected chi connectivity index (χ3v) is 4.89. The van der Waals surface area contributed by atoms with Gasteiger partial charge in [-0.05, 0) is 18.7 Å². The molecule has 0 unspecified atom stereocenters. The van der Waals surface area contributed by atoms with Crippen LogP contribution in [0.15, 0.2) is 29.7 Å². The number of rotatable bonds is 3. The Labute approximate surface area is 141 Å². The molecule has 0 atom stereocenters. The molecule has 0 spiro atoms. The summed E-state index contributed by atoms with van der Waals surface area (Å²) >= 11 is 1.37. The van der Waals surface area contributed by atoms with Crippen LogP contribution in [0.5, 0.6) is 0 Å². The molecule has 0 saturated carbocycles. The van der Waals surface area contributed by atoms with Gasteiger partial charge in [0.15, 0.2) is 5.65 Å². The van der Waals surface area contributed by atoms with Gasteiger partial charge in [0.25, 0.3) is 0 Å². The Morgan fingerprint density at radius 1 is 1.29 bits per heavy atom. The van der Waals surface area contributed by atoms with Crippen molar-refractivity contribution in [3.05, 3.63) is 36.2 Å². The first-order valence-corrected chi connectivity index (χ1v) is 8.58. The second kappa shape index (κ2) is 5.48. The van der Waals surface area contributed by atoms with E-state index in [4.69, 9.17) is 0 Å². The van der Waals surface area contributed by atoms with E-state index in [1.165, 1.54) is 11.8 Å². The summed E-state index contributed by atoms with van der Waals surface area (Å²) < 4.78 is 16.7. The first kappa shape index (κ1) is 14.9. The number of benzene rings is 1. The number of anilines is 1. The number of fused-ring (bicyclic) bond motifs is 2. The lowest BCUT2D eigenvalue weighted by atomic mass is 10.0. The summed E-state index contributed by atoms with van der Waals surface area (Å²) in [4.78, 5) is 9.44. The predicted octanol–water partition coefficient (Wildman–Crippen LogP) is 3.48. The number of aromatic amines is 1. The number of nitrogens with one attached hydrogen (secondary N) is 2. The van der Waals surface area contributed by atoms with Crippen LogP contribution in [0.4, 0.5) is 10.2 Å². The Bertz CT molecular complexity index is 1070. The van der Waals surface area contributed by atoms with Crippen LogP contribution in [0.25, 0.3) is 27.8 Å². The zero-order valence-corrected chi connectivity index (χ0v) is 14.2. The second-order valence-electron chi connectivity index (χ2n) is 5.42. The summed E-state index contributed by atoms with van der Waals surface area (Å²) in [6, 6.07) is 0. The van der Waals surface area contributed by atoms with E-state index in [2.05, 4.69) is 25.5 Å². The fourth-order valence-corrected chi connectivity index (χ4v) is 3.60. The SMILES string of the molecule is CNc1cn2cc(-c3c(C)c(F)c(SC)c4[nH]ncc34)ncc2n1. The molecule has 0 saturated heterocycles. The first-order valence-electron chi connectivity index (χ1n) is 7.36. The van der Waals surface area contributed by atoms with Crippen molar-refractivity contribution in [2.45, 2.75) is 11.8 Å². The minimum atomic E-state index is -0.238. The van der Waals surface area contributed by atoms with Gasteiger partial charge in [-0.2, -0.15) is 5.10 Å². The van der Waals surface area contributed by atoms with Crippen molar-refractivity contribution < 1.29 is 4.39 Å². The lowest BCUT2D eigenvalue weighted by Crippen LogP contribution is -1.97. The summed E-state index contributed by atoms with van der Waals surface area (Å²) in [7, 11) is 1.81. The quantitative estimate of drug-likeness (QED) is 0.558. The van der Waals surface area contributed by atoms with Gasteiger partial charge in [-0.3, -0.25) is 10.1 Å². The Hall–Kier alpha value is -2.61. The number of nitrogens with zero attached hydrogens (tertiary/aromatic N) is 4. The molecule has 0 fully saturated rings. The molecule has 0 aliphatic rings. The molecule has 4 aromatic rings. The fourth-order valence-electron chi connectivity index (χ4n) is 2.91. The summed E-state index contributed by atoms with van der Waals surface area (Å²) in [5, 5.41) is 10.9. The smallest absolute Gasteiger partial charge is 0.157 e. The molecule has 0 amide bonds. The van der Waals surface area contributed by atoms with E-state index in [0.717, 1.165) is 22.4 Å². The van der Waals surface area contributed by atoms with E-state index in [-0.39, 0.29) is 5.82 Å². The van der Waals surface area contributed by atoms with E-state index in [1.54, 1.807) is 19.3 Å². The van der Waals surface area contributed by atoms with Crippen LogP contribution in [0.3, 0.4) is 0 Å². The highest BCUT2D eigenvalue weighted by atomic mass is 32.2. The molecule has 122 valence electrons. The van der Waals surface area contributed by atoms with Crippen molar-refractivity contribution in [3.8, 4) is 11.3 Å². The Kier molecular flexibility index (Phi) is 3.42. The number of halogens is 1. The van der Waals surface area contributed by atoms with E-state index < -0.39 is 0 Å². The molecule has 4 rings (SSSR count). The first-order chi connectivity index (χ1) is 11.6. The molecule has 3 heterocycles. The highest BCUT2D eigenvalue weighted by Crippen LogP contribution is 2.38. The van der Waals surface area contributed by atoms with Crippen molar-refractivity contribution in [1.29, 1.82) is 0 Å². The maximum Gasteiger partial charge on any atom is 0.157 e. The van der Waals surface area contributed by atoms with E-state index in [9.17, 15) is 4.39 Å². The summed E-state index contributed by atoms with van der Waals surface area (Å²) in [6.45, 7) is 1.77. The molecule has 0 bridgehead atoms. The Morgan fingerprint density at radius 3 is 2.88 bits per heavy atom. The molecule has 6 nitrogen and oxygen atoms in total. The molecule has 24 heavy (non-hydrogen) atoms. The summed E-state index contributed by atoms with van der Waals surface area (Å²) in [5.41, 5.74) is 3.41. The number of H-pyrrole nitrogens is 1. The lowest BCUT2D eigenvalue weighted by molar-refractivity contribution is 0.596. The molecular weight excluding hydrogens is 327 g/mol. The maximum absolute atomic E-state index is 14.8. The summed E-state index contributed by atoms with van der Waals surface area (Å²) in [6.07, 6.45) is 8.98. The largest absolute Gasteiger partial charge is 0.372 e. The van der Waals surface area contributed by atoms with E-state index >= 15 is 0 Å². The van der Waals surface area contributed by atoms with Crippen LogP contribution in [-0.4, -0.2) is 37.9 Å². The lowest BCUT2D eigenvalue weighted by Gasteiger charge is -2.12. The van der Waals surface area contributed by atoms with Crippen LogP contribution in [0.1, 0.15) is 5.56 Å². The molecule has 2 N–H and O–H groups in total. The fraction of sp³-hybridized carbons (Fsp3) is 0.188. The van der Waals surface area contributed by atoms with Crippen LogP contribution in [0, 0.1) is 12.7 Å². The van der Waals surface area contributed by atoms with Crippen LogP contribution in [-0.2, 0) is 0 Å². The minimum absolute atomic E-state index is 0.238. The van der Waals surface area contributed by atoms with Gasteiger partial charge in [-0.25, -0.2) is 9.37 Å². The molecule has 1 aromatic carbocycles. The number of thioether (sulfide) groups is 1. The number of hydrogen-bond acceptors (Lipinski definition) is 5. The zero-order chi connectivity index (χ0) is 16.8. The standard InChI is InChI=1S/C16H15FN6S/c1-8-13(9-4-20-22-15(9)16(24-3)14(8)17)10-6-23-7-11(18-2)21-12(23)5-19-10/h4-7,18H,1-3H3,(H,20,22). The predicted molar refractivity (Wildman–Crippen MR) is 94.1 cm³/mol. The normalized spacial score (nSPS) is 11.5. The van der Waals surface area contributed by atoms with Crippen molar-refractivity contribution in [2.24, 2.45) is 0 Å². The van der Waals surface area contributed by atoms with Crippen LogP contribution in [0.2, 0.25) is 0 Å². The van der Waals surface area contributed by atoms with E-state index in [1.807, 2.05) is 30.1 Å². The van der Waals surface area contributed by atoms with Crippen molar-refractivity contribution >= 4 is 34.1 Å². The maximum atomic E-state index is 14.8. The van der Waals surface area contributed by atoms with Crippen LogP contribution < -0.4 is 5.32 Å². The molecule has 3 aromatic heterocycles. The zero-order valence-electron chi connectivity index (χ0n) is 13.4. The van der Waals surface area contributed by atoms with Crippen LogP contribution >= 0.6 is 11.8 Å². The molecule has 0 aliphatic heterocycles. The number of imidazole rings is 1. The van der Waals surface area contributed by atoms with Crippen molar-refractivity contribution in [2.75, 3.05) is 18.6 Å². The highest BCUT2D eigenvalue weighted by Gasteiger charge is 2.20. The Balaban J connectivity index is 2.02. The molecule has 0 aliphatic carbocycles. The molecule has 8 heteroatoms. The van der Waals surface area contributed by atoms with Gasteiger partial charge in [0.2, 0.25) is 0 Å².